The second-order valence-electron chi connectivity index (χ2n) is 9.55. The standard InChI is InChI=1S/C20H36O5/c1-12(10-16(22)23)6-8-18(3)13(2)7-9-19(4)15(18)11-14(21)17(24)20(19,5)25/h12-15,17,21,24-25H,6-11H2,1-5H3,(H,22,23)/t12-,13+,14+,15+,17+,18-,19+,20-/m1/s1. The maximum atomic E-state index is 11.1. The van der Waals surface area contributed by atoms with Gasteiger partial charge in [-0.2, -0.15) is 0 Å². The third kappa shape index (κ3) is 3.35. The maximum absolute atomic E-state index is 11.1. The third-order valence-electron chi connectivity index (χ3n) is 8.06. The summed E-state index contributed by atoms with van der Waals surface area (Å²) in [6.45, 7) is 10.1. The second kappa shape index (κ2) is 6.82. The van der Waals surface area contributed by atoms with E-state index >= 15 is 0 Å². The van der Waals surface area contributed by atoms with Crippen LogP contribution in [0.4, 0.5) is 0 Å². The Kier molecular flexibility index (Phi) is 5.64. The van der Waals surface area contributed by atoms with E-state index in [1.807, 2.05) is 6.92 Å². The monoisotopic (exact) mass is 356 g/mol. The molecule has 2 saturated carbocycles. The Hall–Kier alpha value is -0.650. The summed E-state index contributed by atoms with van der Waals surface area (Å²) in [4.78, 5) is 11.0. The Morgan fingerprint density at radius 2 is 1.84 bits per heavy atom. The van der Waals surface area contributed by atoms with E-state index in [1.165, 1.54) is 0 Å². The molecule has 146 valence electrons. The Morgan fingerprint density at radius 1 is 1.24 bits per heavy atom. The predicted octanol–water partition coefficient (Wildman–Crippen LogP) is 2.81. The molecule has 0 bridgehead atoms. The van der Waals surface area contributed by atoms with Gasteiger partial charge in [-0.3, -0.25) is 4.79 Å². The summed E-state index contributed by atoms with van der Waals surface area (Å²) in [5, 5.41) is 40.9. The number of aliphatic hydroxyl groups is 3. The lowest BCUT2D eigenvalue weighted by Crippen LogP contribution is -2.68. The summed E-state index contributed by atoms with van der Waals surface area (Å²) in [6, 6.07) is 0. The molecule has 0 aliphatic heterocycles. The SMILES string of the molecule is C[C@H](CC[C@]1(C)[C@@H](C)CC[C@@]2(C)[C@H]1C[C@H](O)[C@H](O)[C@@]2(C)O)CC(=O)O. The van der Waals surface area contributed by atoms with Gasteiger partial charge < -0.3 is 20.4 Å². The van der Waals surface area contributed by atoms with Crippen LogP contribution in [0.5, 0.6) is 0 Å². The minimum atomic E-state index is -1.33. The molecular formula is C20H36O5. The first-order chi connectivity index (χ1) is 11.4. The van der Waals surface area contributed by atoms with Crippen LogP contribution in [0.2, 0.25) is 0 Å². The quantitative estimate of drug-likeness (QED) is 0.607. The molecule has 2 aliphatic rings. The number of aliphatic carboxylic acids is 1. The Morgan fingerprint density at radius 3 is 2.40 bits per heavy atom. The summed E-state index contributed by atoms with van der Waals surface area (Å²) in [5.74, 6) is -0.136. The molecular weight excluding hydrogens is 320 g/mol. The van der Waals surface area contributed by atoms with Crippen molar-refractivity contribution in [1.29, 1.82) is 0 Å². The van der Waals surface area contributed by atoms with Crippen molar-refractivity contribution in [3.8, 4) is 0 Å². The summed E-state index contributed by atoms with van der Waals surface area (Å²) in [6.07, 6.45) is 2.10. The predicted molar refractivity (Wildman–Crippen MR) is 96.0 cm³/mol. The molecule has 5 nitrogen and oxygen atoms in total. The van der Waals surface area contributed by atoms with Gasteiger partial charge in [0, 0.05) is 11.8 Å². The molecule has 0 unspecified atom stereocenters. The van der Waals surface area contributed by atoms with Gasteiger partial charge in [-0.1, -0.05) is 27.7 Å². The lowest BCUT2D eigenvalue weighted by molar-refractivity contribution is -0.264. The highest BCUT2D eigenvalue weighted by atomic mass is 16.4. The zero-order valence-electron chi connectivity index (χ0n) is 16.3. The summed E-state index contributed by atoms with van der Waals surface area (Å²) >= 11 is 0. The van der Waals surface area contributed by atoms with E-state index in [1.54, 1.807) is 6.92 Å². The Labute approximate surface area is 151 Å². The average molecular weight is 357 g/mol. The first-order valence-corrected chi connectivity index (χ1v) is 9.66. The van der Waals surface area contributed by atoms with Gasteiger partial charge in [0.15, 0.2) is 0 Å². The lowest BCUT2D eigenvalue weighted by Gasteiger charge is -2.64. The van der Waals surface area contributed by atoms with Gasteiger partial charge in [-0.15, -0.1) is 0 Å². The number of hydrogen-bond donors (Lipinski definition) is 4. The van der Waals surface area contributed by atoms with E-state index in [0.717, 1.165) is 25.7 Å². The first kappa shape index (κ1) is 20.7. The van der Waals surface area contributed by atoms with E-state index in [0.29, 0.717) is 12.3 Å². The zero-order valence-corrected chi connectivity index (χ0v) is 16.3. The Balaban J connectivity index is 2.28. The highest BCUT2D eigenvalue weighted by molar-refractivity contribution is 5.66. The summed E-state index contributed by atoms with van der Waals surface area (Å²) in [7, 11) is 0. The van der Waals surface area contributed by atoms with Gasteiger partial charge in [0.2, 0.25) is 0 Å². The van der Waals surface area contributed by atoms with E-state index in [2.05, 4.69) is 20.8 Å². The van der Waals surface area contributed by atoms with Crippen molar-refractivity contribution < 1.29 is 25.2 Å². The van der Waals surface area contributed by atoms with E-state index < -0.39 is 29.2 Å². The van der Waals surface area contributed by atoms with Gasteiger partial charge in [-0.05, 0) is 62.2 Å². The fourth-order valence-electron chi connectivity index (χ4n) is 5.69. The molecule has 0 amide bonds. The molecule has 0 spiro atoms. The largest absolute Gasteiger partial charge is 0.481 e. The number of fused-ring (bicyclic) bond motifs is 1. The molecule has 0 saturated heterocycles. The van der Waals surface area contributed by atoms with Crippen LogP contribution in [0.25, 0.3) is 0 Å². The second-order valence-corrected chi connectivity index (χ2v) is 9.55. The van der Waals surface area contributed by atoms with Crippen LogP contribution in [0, 0.1) is 28.6 Å². The Bertz CT molecular complexity index is 504. The molecule has 2 aliphatic carbocycles. The van der Waals surface area contributed by atoms with Crippen molar-refractivity contribution in [2.24, 2.45) is 28.6 Å². The van der Waals surface area contributed by atoms with Gasteiger partial charge >= 0.3 is 5.97 Å². The molecule has 0 radical (unpaired) electrons. The minimum absolute atomic E-state index is 0.0918. The van der Waals surface area contributed by atoms with Crippen LogP contribution >= 0.6 is 0 Å². The van der Waals surface area contributed by atoms with Crippen LogP contribution in [-0.4, -0.2) is 44.2 Å². The topological polar surface area (TPSA) is 98.0 Å². The molecule has 0 aromatic heterocycles. The molecule has 0 heterocycles. The van der Waals surface area contributed by atoms with Crippen molar-refractivity contribution in [2.45, 2.75) is 91.0 Å². The molecule has 4 N–H and O–H groups in total. The highest BCUT2D eigenvalue weighted by Crippen LogP contribution is 2.64. The van der Waals surface area contributed by atoms with Crippen LogP contribution in [0.1, 0.15) is 73.1 Å². The number of carboxylic acids is 1. The normalized spacial score (nSPS) is 48.6. The van der Waals surface area contributed by atoms with Crippen molar-refractivity contribution >= 4 is 5.97 Å². The molecule has 0 aromatic carbocycles. The van der Waals surface area contributed by atoms with Crippen LogP contribution in [0.3, 0.4) is 0 Å². The smallest absolute Gasteiger partial charge is 0.303 e. The van der Waals surface area contributed by atoms with Crippen LogP contribution in [-0.2, 0) is 4.79 Å². The molecule has 2 rings (SSSR count). The first-order valence-electron chi connectivity index (χ1n) is 9.66. The summed E-state index contributed by atoms with van der Waals surface area (Å²) < 4.78 is 0. The van der Waals surface area contributed by atoms with Crippen LogP contribution < -0.4 is 0 Å². The molecule has 0 aromatic rings. The third-order valence-corrected chi connectivity index (χ3v) is 8.06. The number of rotatable bonds is 5. The minimum Gasteiger partial charge on any atom is -0.481 e. The van der Waals surface area contributed by atoms with Crippen molar-refractivity contribution in [1.82, 2.24) is 0 Å². The highest BCUT2D eigenvalue weighted by Gasteiger charge is 2.64. The van der Waals surface area contributed by atoms with E-state index in [9.17, 15) is 20.1 Å². The number of aliphatic hydroxyl groups excluding tert-OH is 2. The zero-order chi connectivity index (χ0) is 19.2. The molecule has 5 heteroatoms. The number of carboxylic acid groups (broad SMARTS) is 1. The fraction of sp³-hybridized carbons (Fsp3) is 0.950. The molecule has 8 atom stereocenters. The molecule has 25 heavy (non-hydrogen) atoms. The fourth-order valence-corrected chi connectivity index (χ4v) is 5.69. The molecule has 2 fully saturated rings. The number of hydrogen-bond acceptors (Lipinski definition) is 4. The van der Waals surface area contributed by atoms with Gasteiger partial charge in [0.25, 0.3) is 0 Å². The average Bonchev–Trinajstić information content (AvgIpc) is 2.50. The maximum Gasteiger partial charge on any atom is 0.303 e. The van der Waals surface area contributed by atoms with Crippen molar-refractivity contribution in [3.63, 3.8) is 0 Å². The lowest BCUT2D eigenvalue weighted by atomic mass is 9.42. The van der Waals surface area contributed by atoms with Gasteiger partial charge in [0.1, 0.15) is 6.10 Å². The van der Waals surface area contributed by atoms with Crippen LogP contribution in [0.15, 0.2) is 0 Å². The van der Waals surface area contributed by atoms with Gasteiger partial charge in [-0.25, -0.2) is 0 Å². The van der Waals surface area contributed by atoms with Crippen molar-refractivity contribution in [3.05, 3.63) is 0 Å². The van der Waals surface area contributed by atoms with E-state index in [4.69, 9.17) is 5.11 Å². The van der Waals surface area contributed by atoms with E-state index in [-0.39, 0.29) is 23.7 Å². The van der Waals surface area contributed by atoms with Gasteiger partial charge in [0.05, 0.1) is 11.7 Å². The number of carbonyl (C=O) groups is 1. The van der Waals surface area contributed by atoms with Crippen molar-refractivity contribution in [2.75, 3.05) is 0 Å². The summed E-state index contributed by atoms with van der Waals surface area (Å²) in [5.41, 5.74) is -1.88.